The molecule has 6 nitrogen and oxygen atoms in total. The quantitative estimate of drug-likeness (QED) is 0.818. The Morgan fingerprint density at radius 1 is 0.893 bits per heavy atom. The molecule has 2 aromatic carbocycles. The van der Waals surface area contributed by atoms with Gasteiger partial charge in [0, 0.05) is 24.5 Å². The van der Waals surface area contributed by atoms with E-state index >= 15 is 0 Å². The molecule has 2 aliphatic rings. The summed E-state index contributed by atoms with van der Waals surface area (Å²) >= 11 is 0. The minimum absolute atomic E-state index is 0. The number of urea groups is 1. The minimum atomic E-state index is -0.968. The Morgan fingerprint density at radius 2 is 1.39 bits per heavy atom. The van der Waals surface area contributed by atoms with E-state index in [9.17, 15) is 9.59 Å². The smallest absolute Gasteiger partial charge is 0.335 e. The van der Waals surface area contributed by atoms with Gasteiger partial charge in [-0.25, -0.2) is 9.59 Å². The largest absolute Gasteiger partial charge is 0.478 e. The van der Waals surface area contributed by atoms with Gasteiger partial charge in [0.25, 0.3) is 0 Å². The molecule has 0 aromatic heterocycles. The normalized spacial score (nSPS) is 17.5. The summed E-state index contributed by atoms with van der Waals surface area (Å²) in [7, 11) is 0. The number of nitrogens with one attached hydrogen (secondary N) is 1. The van der Waals surface area contributed by atoms with Gasteiger partial charge in [-0.15, -0.1) is 12.4 Å². The highest BCUT2D eigenvalue weighted by atomic mass is 35.5. The van der Waals surface area contributed by atoms with Crippen LogP contribution in [0.25, 0.3) is 0 Å². The van der Waals surface area contributed by atoms with Crippen molar-refractivity contribution in [2.45, 2.75) is 18.8 Å². The number of carboxylic acids is 1. The van der Waals surface area contributed by atoms with Crippen LogP contribution in [0.3, 0.4) is 0 Å². The number of amides is 2. The number of nitrogens with zero attached hydrogens (tertiary/aromatic N) is 2. The van der Waals surface area contributed by atoms with E-state index in [0.717, 1.165) is 37.3 Å². The van der Waals surface area contributed by atoms with Crippen LogP contribution in [-0.2, 0) is 0 Å². The SMILES string of the molecule is Cl.O=C(O)c1ccc(N2CCN(c3ccc(C4CCNCC4)cc3)C2=O)cc1. The number of rotatable bonds is 4. The first kappa shape index (κ1) is 20.2. The molecule has 2 aliphatic heterocycles. The molecule has 0 spiro atoms. The van der Waals surface area contributed by atoms with E-state index in [-0.39, 0.29) is 24.0 Å². The number of aromatic carboxylic acids is 1. The Balaban J connectivity index is 0.00000225. The summed E-state index contributed by atoms with van der Waals surface area (Å²) in [4.78, 5) is 27.3. The highest BCUT2D eigenvalue weighted by Gasteiger charge is 2.30. The first-order valence-corrected chi connectivity index (χ1v) is 9.36. The van der Waals surface area contributed by atoms with Crippen LogP contribution in [-0.4, -0.2) is 43.3 Å². The van der Waals surface area contributed by atoms with E-state index in [1.54, 1.807) is 21.9 Å². The zero-order chi connectivity index (χ0) is 18.8. The maximum absolute atomic E-state index is 12.8. The summed E-state index contributed by atoms with van der Waals surface area (Å²) in [6, 6.07) is 14.7. The van der Waals surface area contributed by atoms with Gasteiger partial charge >= 0.3 is 12.0 Å². The molecule has 2 aromatic rings. The molecular formula is C21H24ClN3O3. The van der Waals surface area contributed by atoms with Crippen LogP contribution in [0.5, 0.6) is 0 Å². The average Bonchev–Trinajstić information content (AvgIpc) is 3.10. The summed E-state index contributed by atoms with van der Waals surface area (Å²) in [6.45, 7) is 3.33. The van der Waals surface area contributed by atoms with Crippen molar-refractivity contribution >= 4 is 35.8 Å². The molecule has 2 N–H and O–H groups in total. The van der Waals surface area contributed by atoms with E-state index in [1.807, 2.05) is 12.1 Å². The molecule has 148 valence electrons. The van der Waals surface area contributed by atoms with E-state index in [2.05, 4.69) is 17.4 Å². The third kappa shape index (κ3) is 3.98. The molecule has 2 saturated heterocycles. The summed E-state index contributed by atoms with van der Waals surface area (Å²) in [5.74, 6) is -0.372. The third-order valence-electron chi connectivity index (χ3n) is 5.45. The van der Waals surface area contributed by atoms with Crippen LogP contribution in [0, 0.1) is 0 Å². The molecule has 0 unspecified atom stereocenters. The fraction of sp³-hybridized carbons (Fsp3) is 0.333. The first-order chi connectivity index (χ1) is 13.1. The van der Waals surface area contributed by atoms with Gasteiger partial charge in [-0.05, 0) is 73.8 Å². The van der Waals surface area contributed by atoms with Gasteiger partial charge in [0.15, 0.2) is 0 Å². The third-order valence-corrected chi connectivity index (χ3v) is 5.45. The van der Waals surface area contributed by atoms with Crippen molar-refractivity contribution in [2.24, 2.45) is 0 Å². The lowest BCUT2D eigenvalue weighted by atomic mass is 9.90. The molecule has 2 heterocycles. The second-order valence-corrected chi connectivity index (χ2v) is 7.05. The lowest BCUT2D eigenvalue weighted by Crippen LogP contribution is -2.31. The fourth-order valence-electron chi connectivity index (χ4n) is 3.88. The second-order valence-electron chi connectivity index (χ2n) is 7.05. The summed E-state index contributed by atoms with van der Waals surface area (Å²) in [5.41, 5.74) is 3.19. The number of hydrogen-bond acceptors (Lipinski definition) is 3. The van der Waals surface area contributed by atoms with Crippen molar-refractivity contribution in [1.82, 2.24) is 5.32 Å². The molecule has 0 saturated carbocycles. The topological polar surface area (TPSA) is 72.9 Å². The predicted octanol–water partition coefficient (Wildman–Crippen LogP) is 3.72. The molecule has 4 rings (SSSR count). The molecule has 0 aliphatic carbocycles. The highest BCUT2D eigenvalue weighted by Crippen LogP contribution is 2.29. The molecule has 2 fully saturated rings. The van der Waals surface area contributed by atoms with Gasteiger partial charge in [0.05, 0.1) is 5.56 Å². The number of hydrogen-bond donors (Lipinski definition) is 2. The van der Waals surface area contributed by atoms with Crippen molar-refractivity contribution in [3.8, 4) is 0 Å². The Hall–Kier alpha value is -2.57. The van der Waals surface area contributed by atoms with Gasteiger partial charge in [-0.3, -0.25) is 9.80 Å². The van der Waals surface area contributed by atoms with Crippen LogP contribution >= 0.6 is 12.4 Å². The van der Waals surface area contributed by atoms with Crippen molar-refractivity contribution in [3.05, 3.63) is 59.7 Å². The standard InChI is InChI=1S/C21H23N3O3.ClH/c25-20(26)17-3-7-19(8-4-17)24-14-13-23(21(24)27)18-5-1-15(2-6-18)16-9-11-22-12-10-16;/h1-8,16,22H,9-14H2,(H,25,26);1H. The van der Waals surface area contributed by atoms with Crippen molar-refractivity contribution < 1.29 is 14.7 Å². The Labute approximate surface area is 170 Å². The van der Waals surface area contributed by atoms with E-state index in [0.29, 0.717) is 19.0 Å². The number of benzene rings is 2. The summed E-state index contributed by atoms with van der Waals surface area (Å²) in [6.07, 6.45) is 2.31. The molecular weight excluding hydrogens is 378 g/mol. The summed E-state index contributed by atoms with van der Waals surface area (Å²) in [5, 5.41) is 12.4. The van der Waals surface area contributed by atoms with Crippen LogP contribution in [0.2, 0.25) is 0 Å². The Morgan fingerprint density at radius 3 is 1.89 bits per heavy atom. The van der Waals surface area contributed by atoms with Gasteiger partial charge in [0.2, 0.25) is 0 Å². The van der Waals surface area contributed by atoms with Gasteiger partial charge in [0.1, 0.15) is 0 Å². The van der Waals surface area contributed by atoms with Crippen LogP contribution in [0.15, 0.2) is 48.5 Å². The van der Waals surface area contributed by atoms with Crippen LogP contribution in [0.1, 0.15) is 34.7 Å². The van der Waals surface area contributed by atoms with Gasteiger partial charge in [-0.2, -0.15) is 0 Å². The monoisotopic (exact) mass is 401 g/mol. The molecule has 7 heteroatoms. The Kier molecular flexibility index (Phi) is 6.21. The Bertz CT molecular complexity index is 833. The molecule has 28 heavy (non-hydrogen) atoms. The van der Waals surface area contributed by atoms with Crippen molar-refractivity contribution in [3.63, 3.8) is 0 Å². The van der Waals surface area contributed by atoms with Crippen LogP contribution < -0.4 is 15.1 Å². The lowest BCUT2D eigenvalue weighted by molar-refractivity contribution is 0.0697. The number of anilines is 2. The van der Waals surface area contributed by atoms with E-state index < -0.39 is 5.97 Å². The second kappa shape index (κ2) is 8.63. The molecule has 0 atom stereocenters. The highest BCUT2D eigenvalue weighted by molar-refractivity contribution is 6.06. The number of carbonyl (C=O) groups is 2. The molecule has 0 radical (unpaired) electrons. The fourth-order valence-corrected chi connectivity index (χ4v) is 3.88. The minimum Gasteiger partial charge on any atom is -0.478 e. The van der Waals surface area contributed by atoms with Crippen molar-refractivity contribution in [1.29, 1.82) is 0 Å². The zero-order valence-corrected chi connectivity index (χ0v) is 16.3. The van der Waals surface area contributed by atoms with Crippen molar-refractivity contribution in [2.75, 3.05) is 36.0 Å². The lowest BCUT2D eigenvalue weighted by Gasteiger charge is -2.24. The first-order valence-electron chi connectivity index (χ1n) is 9.36. The van der Waals surface area contributed by atoms with E-state index in [1.165, 1.54) is 17.7 Å². The zero-order valence-electron chi connectivity index (χ0n) is 15.5. The maximum atomic E-state index is 12.8. The molecule has 0 bridgehead atoms. The predicted molar refractivity (Wildman–Crippen MR) is 112 cm³/mol. The molecule has 2 amide bonds. The summed E-state index contributed by atoms with van der Waals surface area (Å²) < 4.78 is 0. The number of carboxylic acid groups (broad SMARTS) is 1. The maximum Gasteiger partial charge on any atom is 0.335 e. The number of piperidine rings is 1. The number of halogens is 1. The number of carbonyl (C=O) groups excluding carboxylic acids is 1. The van der Waals surface area contributed by atoms with E-state index in [4.69, 9.17) is 5.11 Å². The average molecular weight is 402 g/mol. The van der Waals surface area contributed by atoms with Gasteiger partial charge in [-0.1, -0.05) is 12.1 Å². The van der Waals surface area contributed by atoms with Gasteiger partial charge < -0.3 is 10.4 Å². The van der Waals surface area contributed by atoms with Crippen LogP contribution in [0.4, 0.5) is 16.2 Å².